The van der Waals surface area contributed by atoms with Crippen LogP contribution < -0.4 is 10.6 Å². The van der Waals surface area contributed by atoms with Gasteiger partial charge in [0.1, 0.15) is 6.61 Å². The Morgan fingerprint density at radius 3 is 2.55 bits per heavy atom. The highest BCUT2D eigenvalue weighted by Crippen LogP contribution is 2.00. The SMILES string of the molecule is CCOC(=O)CC(C)NCCNC(=O)OCc1ccccc1. The van der Waals surface area contributed by atoms with Crippen molar-refractivity contribution < 1.29 is 19.1 Å². The first-order chi connectivity index (χ1) is 10.6. The summed E-state index contributed by atoms with van der Waals surface area (Å²) >= 11 is 0. The monoisotopic (exact) mass is 308 g/mol. The quantitative estimate of drug-likeness (QED) is 0.538. The number of amides is 1. The summed E-state index contributed by atoms with van der Waals surface area (Å²) in [6.45, 7) is 5.30. The Hall–Kier alpha value is -2.08. The number of alkyl carbamates (subject to hydrolysis) is 1. The van der Waals surface area contributed by atoms with E-state index in [4.69, 9.17) is 9.47 Å². The summed E-state index contributed by atoms with van der Waals surface area (Å²) in [5.74, 6) is -0.224. The standard InChI is InChI=1S/C16H24N2O4/c1-3-21-15(19)11-13(2)17-9-10-18-16(20)22-12-14-7-5-4-6-8-14/h4-8,13,17H,3,9-12H2,1-2H3,(H,18,20). The number of benzene rings is 1. The molecule has 122 valence electrons. The Bertz CT molecular complexity index is 451. The Morgan fingerprint density at radius 2 is 1.86 bits per heavy atom. The predicted molar refractivity (Wildman–Crippen MR) is 83.3 cm³/mol. The van der Waals surface area contributed by atoms with Crippen LogP contribution in [0.4, 0.5) is 4.79 Å². The summed E-state index contributed by atoms with van der Waals surface area (Å²) in [7, 11) is 0. The van der Waals surface area contributed by atoms with Crippen LogP contribution in [0.15, 0.2) is 30.3 Å². The number of nitrogens with one attached hydrogen (secondary N) is 2. The van der Waals surface area contributed by atoms with Crippen LogP contribution in [0.25, 0.3) is 0 Å². The minimum Gasteiger partial charge on any atom is -0.466 e. The van der Waals surface area contributed by atoms with Crippen LogP contribution in [0.2, 0.25) is 0 Å². The minimum absolute atomic E-state index is 0.00110. The van der Waals surface area contributed by atoms with E-state index in [9.17, 15) is 9.59 Å². The average molecular weight is 308 g/mol. The van der Waals surface area contributed by atoms with Gasteiger partial charge >= 0.3 is 12.1 Å². The van der Waals surface area contributed by atoms with Crippen molar-refractivity contribution in [1.82, 2.24) is 10.6 Å². The third kappa shape index (κ3) is 8.26. The molecule has 0 aliphatic heterocycles. The van der Waals surface area contributed by atoms with Crippen LogP contribution in [0, 0.1) is 0 Å². The van der Waals surface area contributed by atoms with Crippen molar-refractivity contribution in [2.24, 2.45) is 0 Å². The predicted octanol–water partition coefficient (Wildman–Crippen LogP) is 1.84. The Labute approximate surface area is 131 Å². The fourth-order valence-electron chi connectivity index (χ4n) is 1.80. The third-order valence-corrected chi connectivity index (χ3v) is 2.88. The molecule has 0 heterocycles. The third-order valence-electron chi connectivity index (χ3n) is 2.88. The second-order valence-electron chi connectivity index (χ2n) is 4.85. The molecule has 2 N–H and O–H groups in total. The number of carbonyl (C=O) groups excluding carboxylic acids is 2. The summed E-state index contributed by atoms with van der Waals surface area (Å²) in [5.41, 5.74) is 0.943. The van der Waals surface area contributed by atoms with Gasteiger partial charge in [0.05, 0.1) is 13.0 Å². The molecule has 1 atom stereocenters. The molecule has 1 unspecified atom stereocenters. The van der Waals surface area contributed by atoms with Gasteiger partial charge < -0.3 is 20.1 Å². The minimum atomic E-state index is -0.455. The lowest BCUT2D eigenvalue weighted by molar-refractivity contribution is -0.143. The summed E-state index contributed by atoms with van der Waals surface area (Å²) < 4.78 is 9.94. The van der Waals surface area contributed by atoms with Crippen LogP contribution >= 0.6 is 0 Å². The van der Waals surface area contributed by atoms with Gasteiger partial charge in [-0.2, -0.15) is 0 Å². The molecular weight excluding hydrogens is 284 g/mol. The van der Waals surface area contributed by atoms with Crippen molar-refractivity contribution in [2.45, 2.75) is 32.9 Å². The zero-order chi connectivity index (χ0) is 16.2. The molecule has 0 saturated heterocycles. The molecule has 1 aromatic carbocycles. The Balaban J connectivity index is 2.06. The summed E-state index contributed by atoms with van der Waals surface area (Å²) in [6.07, 6.45) is -0.143. The summed E-state index contributed by atoms with van der Waals surface area (Å²) in [5, 5.41) is 5.78. The molecule has 6 nitrogen and oxygen atoms in total. The molecule has 0 aromatic heterocycles. The largest absolute Gasteiger partial charge is 0.466 e. The molecule has 0 aliphatic carbocycles. The van der Waals surface area contributed by atoms with E-state index in [-0.39, 0.29) is 18.6 Å². The Morgan fingerprint density at radius 1 is 1.14 bits per heavy atom. The second kappa shape index (κ2) is 10.6. The molecule has 1 amide bonds. The normalized spacial score (nSPS) is 11.5. The zero-order valence-electron chi connectivity index (χ0n) is 13.1. The van der Waals surface area contributed by atoms with Crippen LogP contribution in [-0.4, -0.2) is 37.8 Å². The molecule has 22 heavy (non-hydrogen) atoms. The fourth-order valence-corrected chi connectivity index (χ4v) is 1.80. The van der Waals surface area contributed by atoms with Gasteiger partial charge in [0.25, 0.3) is 0 Å². The maximum atomic E-state index is 11.5. The molecule has 0 spiro atoms. The average Bonchev–Trinajstić information content (AvgIpc) is 2.51. The van der Waals surface area contributed by atoms with Crippen LogP contribution in [0.3, 0.4) is 0 Å². The van der Waals surface area contributed by atoms with Crippen molar-refractivity contribution in [2.75, 3.05) is 19.7 Å². The van der Waals surface area contributed by atoms with Crippen LogP contribution in [0.1, 0.15) is 25.8 Å². The number of carbonyl (C=O) groups is 2. The Kier molecular flexibility index (Phi) is 8.67. The van der Waals surface area contributed by atoms with E-state index in [2.05, 4.69) is 10.6 Å². The lowest BCUT2D eigenvalue weighted by Gasteiger charge is -2.13. The molecule has 0 fully saturated rings. The van der Waals surface area contributed by atoms with E-state index in [1.807, 2.05) is 37.3 Å². The smallest absolute Gasteiger partial charge is 0.407 e. The summed E-state index contributed by atoms with van der Waals surface area (Å²) in [4.78, 5) is 22.8. The topological polar surface area (TPSA) is 76.7 Å². The molecule has 6 heteroatoms. The maximum absolute atomic E-state index is 11.5. The lowest BCUT2D eigenvalue weighted by atomic mass is 10.2. The van der Waals surface area contributed by atoms with E-state index in [0.29, 0.717) is 26.1 Å². The van der Waals surface area contributed by atoms with Crippen LogP contribution in [-0.2, 0) is 20.9 Å². The van der Waals surface area contributed by atoms with Crippen molar-refractivity contribution in [3.63, 3.8) is 0 Å². The number of rotatable bonds is 9. The van der Waals surface area contributed by atoms with Gasteiger partial charge in [-0.3, -0.25) is 4.79 Å². The van der Waals surface area contributed by atoms with Crippen molar-refractivity contribution in [3.05, 3.63) is 35.9 Å². The van der Waals surface area contributed by atoms with Gasteiger partial charge in [-0.15, -0.1) is 0 Å². The second-order valence-corrected chi connectivity index (χ2v) is 4.85. The molecule has 1 rings (SSSR count). The van der Waals surface area contributed by atoms with E-state index >= 15 is 0 Å². The molecule has 0 bridgehead atoms. The first-order valence-corrected chi connectivity index (χ1v) is 7.45. The summed E-state index contributed by atoms with van der Waals surface area (Å²) in [6, 6.07) is 9.49. The van der Waals surface area contributed by atoms with Gasteiger partial charge in [0.15, 0.2) is 0 Å². The van der Waals surface area contributed by atoms with Gasteiger partial charge in [-0.1, -0.05) is 30.3 Å². The van der Waals surface area contributed by atoms with Crippen molar-refractivity contribution in [3.8, 4) is 0 Å². The molecule has 0 aliphatic rings. The number of esters is 1. The molecule has 0 saturated carbocycles. The lowest BCUT2D eigenvalue weighted by Crippen LogP contribution is -2.37. The first-order valence-electron chi connectivity index (χ1n) is 7.45. The van der Waals surface area contributed by atoms with E-state index in [0.717, 1.165) is 5.56 Å². The van der Waals surface area contributed by atoms with Gasteiger partial charge in [0, 0.05) is 19.1 Å². The van der Waals surface area contributed by atoms with Gasteiger partial charge in [0.2, 0.25) is 0 Å². The van der Waals surface area contributed by atoms with Crippen molar-refractivity contribution >= 4 is 12.1 Å². The van der Waals surface area contributed by atoms with E-state index in [1.165, 1.54) is 0 Å². The zero-order valence-corrected chi connectivity index (χ0v) is 13.1. The van der Waals surface area contributed by atoms with E-state index in [1.54, 1.807) is 6.92 Å². The molecule has 1 aromatic rings. The highest BCUT2D eigenvalue weighted by Gasteiger charge is 2.09. The van der Waals surface area contributed by atoms with Gasteiger partial charge in [-0.25, -0.2) is 4.79 Å². The van der Waals surface area contributed by atoms with Gasteiger partial charge in [-0.05, 0) is 19.4 Å². The number of ether oxygens (including phenoxy) is 2. The number of hydrogen-bond donors (Lipinski definition) is 2. The fraction of sp³-hybridized carbons (Fsp3) is 0.500. The highest BCUT2D eigenvalue weighted by molar-refractivity contribution is 5.70. The molecule has 0 radical (unpaired) electrons. The number of hydrogen-bond acceptors (Lipinski definition) is 5. The van der Waals surface area contributed by atoms with E-state index < -0.39 is 6.09 Å². The molecular formula is C16H24N2O4. The highest BCUT2D eigenvalue weighted by atomic mass is 16.5. The first kappa shape index (κ1) is 18.0. The maximum Gasteiger partial charge on any atom is 0.407 e. The van der Waals surface area contributed by atoms with Crippen molar-refractivity contribution in [1.29, 1.82) is 0 Å². The van der Waals surface area contributed by atoms with Crippen LogP contribution in [0.5, 0.6) is 0 Å².